The topological polar surface area (TPSA) is 106 Å². The molecule has 13 rings (SSSR count). The SMILES string of the molecule is Cc1cc(C)c(OP(Oc2cc(C)c(C)cc2C)Oc2cc(C)c(C)cc2C)cc1C.Cc1cc(C)c(OP(Oc2cc(C)c(C)cc2C)c2ccc(-c3ccc([P+]([O-])(Oc4cc(C)c(C)cc4C)Oc4cc(C)c(C)cc4C)cc3)cc2)cc1C.Cc1cc(C)c(OP(Oc2cc(C)c(C)cc2C)c2ccc(-c3ccccc3)cc2)cc1C. The molecule has 0 spiro atoms. The molecular formula is C105H116O10P4. The molecule has 0 aliphatic carbocycles. The molecule has 0 bridgehead atoms. The molecule has 10 nitrogen and oxygen atoms in total. The molecule has 0 fully saturated rings. The van der Waals surface area contributed by atoms with E-state index in [1.54, 1.807) is 0 Å². The van der Waals surface area contributed by atoms with E-state index in [4.69, 9.17) is 40.7 Å². The van der Waals surface area contributed by atoms with Crippen LogP contribution in [0.4, 0.5) is 0 Å². The Balaban J connectivity index is 0.000000186. The maximum atomic E-state index is 15.0. The third-order valence-electron chi connectivity index (χ3n) is 22.6. The zero-order valence-corrected chi connectivity index (χ0v) is 78.2. The van der Waals surface area contributed by atoms with Gasteiger partial charge in [-0.15, -0.1) is 0 Å². The Kier molecular flexibility index (Phi) is 29.2. The average molecular weight is 1660 g/mol. The van der Waals surface area contributed by atoms with Crippen molar-refractivity contribution in [3.63, 3.8) is 0 Å². The molecular weight excluding hydrogens is 1550 g/mol. The van der Waals surface area contributed by atoms with Crippen molar-refractivity contribution in [1.29, 1.82) is 0 Å². The van der Waals surface area contributed by atoms with Gasteiger partial charge in [-0.25, -0.2) is 0 Å². The Morgan fingerprint density at radius 1 is 0.185 bits per heavy atom. The van der Waals surface area contributed by atoms with Gasteiger partial charge in [0.25, 0.3) is 0 Å². The van der Waals surface area contributed by atoms with Crippen LogP contribution in [0.25, 0.3) is 22.3 Å². The van der Waals surface area contributed by atoms with Crippen LogP contribution in [0.1, 0.15) is 150 Å². The molecule has 0 aliphatic heterocycles. The number of rotatable bonds is 23. The van der Waals surface area contributed by atoms with Crippen molar-refractivity contribution in [3.8, 4) is 74.0 Å². The van der Waals surface area contributed by atoms with Crippen LogP contribution in [0, 0.1) is 187 Å². The van der Waals surface area contributed by atoms with Crippen molar-refractivity contribution in [2.24, 2.45) is 0 Å². The van der Waals surface area contributed by atoms with Crippen LogP contribution in [0.15, 0.2) is 212 Å². The van der Waals surface area contributed by atoms with Crippen molar-refractivity contribution in [2.75, 3.05) is 0 Å². The van der Waals surface area contributed by atoms with Gasteiger partial charge >= 0.3 is 33.3 Å². The van der Waals surface area contributed by atoms with Gasteiger partial charge in [-0.3, -0.25) is 0 Å². The molecule has 616 valence electrons. The third kappa shape index (κ3) is 22.4. The molecule has 0 atom stereocenters. The van der Waals surface area contributed by atoms with E-state index in [9.17, 15) is 4.89 Å². The van der Waals surface area contributed by atoms with E-state index in [1.807, 2.05) is 70.2 Å². The highest BCUT2D eigenvalue weighted by molar-refractivity contribution is 7.68. The third-order valence-corrected chi connectivity index (χ3v) is 28.3. The normalized spacial score (nSPS) is 11.3. The van der Waals surface area contributed by atoms with Crippen molar-refractivity contribution < 1.29 is 45.6 Å². The summed E-state index contributed by atoms with van der Waals surface area (Å²) in [7, 11) is -8.48. The fourth-order valence-electron chi connectivity index (χ4n) is 13.6. The van der Waals surface area contributed by atoms with Crippen LogP contribution < -0.4 is 61.5 Å². The van der Waals surface area contributed by atoms with Gasteiger partial charge in [0.05, 0.1) is 10.6 Å². The predicted octanol–water partition coefficient (Wildman–Crippen LogP) is 28.6. The fraction of sp³-hybridized carbons (Fsp3) is 0.257. The number of hydrogen-bond donors (Lipinski definition) is 0. The molecule has 13 aromatic carbocycles. The van der Waals surface area contributed by atoms with Crippen LogP contribution in [-0.4, -0.2) is 0 Å². The summed E-state index contributed by atoms with van der Waals surface area (Å²) in [6, 6.07) is 72.6. The summed E-state index contributed by atoms with van der Waals surface area (Å²) < 4.78 is 58.5. The Morgan fingerprint density at radius 2 is 0.361 bits per heavy atom. The highest BCUT2D eigenvalue weighted by Crippen LogP contribution is 2.54. The van der Waals surface area contributed by atoms with Crippen molar-refractivity contribution in [2.45, 2.75) is 187 Å². The smallest absolute Gasteiger partial charge is 0.530 e. The second kappa shape index (κ2) is 38.9. The van der Waals surface area contributed by atoms with Crippen LogP contribution in [0.3, 0.4) is 0 Å². The van der Waals surface area contributed by atoms with E-state index in [0.29, 0.717) is 16.8 Å². The minimum Gasteiger partial charge on any atom is -0.612 e. The Morgan fingerprint density at radius 3 is 0.588 bits per heavy atom. The maximum absolute atomic E-state index is 15.0. The largest absolute Gasteiger partial charge is 0.612 e. The van der Waals surface area contributed by atoms with Crippen molar-refractivity contribution >= 4 is 49.2 Å². The lowest BCUT2D eigenvalue weighted by atomic mass is 10.1. The summed E-state index contributed by atoms with van der Waals surface area (Å²) >= 11 is 0. The molecule has 119 heavy (non-hydrogen) atoms. The minimum atomic E-state index is -3.89. The van der Waals surface area contributed by atoms with E-state index in [1.165, 1.54) is 89.0 Å². The molecule has 0 aliphatic rings. The van der Waals surface area contributed by atoms with Gasteiger partial charge in [-0.1, -0.05) is 121 Å². The van der Waals surface area contributed by atoms with E-state index in [0.717, 1.165) is 134 Å². The molecule has 0 amide bonds. The number of aryl methyl sites for hydroxylation is 27. The zero-order valence-electron chi connectivity index (χ0n) is 74.6. The zero-order chi connectivity index (χ0) is 86.2. The quantitative estimate of drug-likeness (QED) is 0.0575. The second-order valence-corrected chi connectivity index (χ2v) is 38.0. The standard InChI is InChI=1S/C48H52O5P2.C30H31O2P.C27H33O3P/c1-29-21-37(9)45(25-33(29)5)50-54(51-46-26-34(6)30(2)22-38(46)10)43-17-13-41(14-18-43)42-15-19-44(20-16-42)55(49,52-47-27-35(7)31(3)23-39(47)11)53-48-28-36(8)32(4)24-40(48)12;1-20-16-24(5)29(18-22(20)3)31-33(32-30-19-23(4)21(2)17-25(30)6)28-14-12-27(13-15-28)26-10-8-7-9-11-26;1-16-10-22(7)25(13-19(16)4)28-31(29-26-14-20(5)17(2)11-23(26)8)30-27-15-21(6)18(3)12-24(27)9/h13-28H,1-12H3;7-19H,1-6H3;10-15H,1-9H3. The second-order valence-electron chi connectivity index (χ2n) is 32.4. The Bertz CT molecular complexity index is 5520. The number of benzene rings is 13. The first kappa shape index (κ1) is 89.5. The molecule has 0 saturated carbocycles. The van der Waals surface area contributed by atoms with Crippen molar-refractivity contribution in [1.82, 2.24) is 0 Å². The lowest BCUT2D eigenvalue weighted by molar-refractivity contribution is -0.197. The van der Waals surface area contributed by atoms with Gasteiger partial charge in [-0.2, -0.15) is 0 Å². The first-order chi connectivity index (χ1) is 56.4. The van der Waals surface area contributed by atoms with Gasteiger partial charge in [0, 0.05) is 0 Å². The molecule has 14 heteroatoms. The summed E-state index contributed by atoms with van der Waals surface area (Å²) in [5.41, 5.74) is 35.1. The molecule has 13 aromatic rings. The maximum Gasteiger partial charge on any atom is 0.530 e. The molecule has 0 unspecified atom stereocenters. The average Bonchev–Trinajstić information content (AvgIpc) is 0.779. The van der Waals surface area contributed by atoms with Gasteiger partial charge in [0.1, 0.15) is 40.2 Å². The lowest BCUT2D eigenvalue weighted by Gasteiger charge is -2.29. The highest BCUT2D eigenvalue weighted by atomic mass is 31.2. The van der Waals surface area contributed by atoms with Crippen molar-refractivity contribution in [3.05, 3.63) is 363 Å². The van der Waals surface area contributed by atoms with Gasteiger partial charge in [0.15, 0.2) is 16.8 Å². The Hall–Kier alpha value is -10.3. The lowest BCUT2D eigenvalue weighted by Crippen LogP contribution is -2.31. The molecule has 0 saturated heterocycles. The molecule has 0 N–H and O–H groups in total. The summed E-state index contributed by atoms with van der Waals surface area (Å²) in [6.07, 6.45) is 0. The van der Waals surface area contributed by atoms with Gasteiger partial charge in [0.2, 0.25) is 0 Å². The first-order valence-corrected chi connectivity index (χ1v) is 45.6. The van der Waals surface area contributed by atoms with E-state index < -0.39 is 33.3 Å². The van der Waals surface area contributed by atoms with E-state index >= 15 is 0 Å². The molecule has 0 aromatic heterocycles. The molecule has 0 heterocycles. The highest BCUT2D eigenvalue weighted by Gasteiger charge is 2.39. The summed E-state index contributed by atoms with van der Waals surface area (Å²) in [4.78, 5) is 15.0. The van der Waals surface area contributed by atoms with E-state index in [2.05, 4.69) is 329 Å². The number of hydrogen-bond acceptors (Lipinski definition) is 10. The van der Waals surface area contributed by atoms with Crippen LogP contribution in [-0.2, 0) is 0 Å². The summed E-state index contributed by atoms with van der Waals surface area (Å²) in [5, 5.41) is 2.46. The minimum absolute atomic E-state index is 0.473. The summed E-state index contributed by atoms with van der Waals surface area (Å²) in [6.45, 7) is 56.1. The predicted molar refractivity (Wildman–Crippen MR) is 502 cm³/mol. The Labute approximate surface area is 713 Å². The van der Waals surface area contributed by atoms with Crippen LogP contribution in [0.5, 0.6) is 51.7 Å². The van der Waals surface area contributed by atoms with E-state index in [-0.39, 0.29) is 0 Å². The van der Waals surface area contributed by atoms with Gasteiger partial charge < -0.3 is 45.6 Å². The summed E-state index contributed by atoms with van der Waals surface area (Å²) in [5.74, 6) is 6.83. The fourth-order valence-corrected chi connectivity index (χ4v) is 19.2. The monoisotopic (exact) mass is 1660 g/mol. The molecule has 0 radical (unpaired) electrons. The first-order valence-electron chi connectivity index (χ1n) is 40.6. The van der Waals surface area contributed by atoms with Crippen LogP contribution in [0.2, 0.25) is 0 Å². The van der Waals surface area contributed by atoms with Gasteiger partial charge in [-0.05, 0) is 450 Å². The van der Waals surface area contributed by atoms with Crippen LogP contribution >= 0.6 is 33.3 Å².